The number of benzene rings is 2. The van der Waals surface area contributed by atoms with E-state index in [2.05, 4.69) is 74.5 Å². The van der Waals surface area contributed by atoms with Crippen molar-refractivity contribution in [2.24, 2.45) is 0 Å². The van der Waals surface area contributed by atoms with E-state index in [0.29, 0.717) is 0 Å². The molecule has 0 nitrogen and oxygen atoms in total. The van der Waals surface area contributed by atoms with Gasteiger partial charge in [-0.15, -0.1) is 11.8 Å². The van der Waals surface area contributed by atoms with Gasteiger partial charge in [0.25, 0.3) is 0 Å². The molecule has 0 heterocycles. The van der Waals surface area contributed by atoms with Crippen molar-refractivity contribution >= 4 is 11.8 Å². The minimum atomic E-state index is -0.00965. The smallest absolute Gasteiger partial charge is 0.0628 e. The second-order valence-corrected chi connectivity index (χ2v) is 5.63. The normalized spacial score (nSPS) is 11.4. The monoisotopic (exact) mass is 241 g/mol. The number of hydrogen-bond acceptors (Lipinski definition) is 1. The number of thioether (sulfide) groups is 1. The van der Waals surface area contributed by atoms with Gasteiger partial charge < -0.3 is 0 Å². The van der Waals surface area contributed by atoms with Crippen LogP contribution in [0.15, 0.2) is 60.7 Å². The highest BCUT2D eigenvalue weighted by molar-refractivity contribution is 8.00. The molecule has 0 amide bonds. The third-order valence-electron chi connectivity index (χ3n) is 3.04. The maximum Gasteiger partial charge on any atom is 0.0628 e. The van der Waals surface area contributed by atoms with Crippen LogP contribution in [-0.2, 0) is 4.75 Å². The molecule has 0 atom stereocenters. The highest BCUT2D eigenvalue weighted by Gasteiger charge is 2.28. The van der Waals surface area contributed by atoms with Crippen LogP contribution in [0.3, 0.4) is 0 Å². The molecule has 1 radical (unpaired) electrons. The average Bonchev–Trinajstić information content (AvgIpc) is 2.41. The summed E-state index contributed by atoms with van der Waals surface area (Å²) >= 11 is 1.87. The zero-order valence-electron chi connectivity index (χ0n) is 10.1. The van der Waals surface area contributed by atoms with Crippen molar-refractivity contribution in [3.63, 3.8) is 0 Å². The molecule has 87 valence electrons. The Morgan fingerprint density at radius 2 is 1.29 bits per heavy atom. The fourth-order valence-corrected chi connectivity index (χ4v) is 3.06. The summed E-state index contributed by atoms with van der Waals surface area (Å²) in [4.78, 5) is 0. The maximum atomic E-state index is 3.98. The molecular formula is C16H17S. The molecule has 0 unspecified atom stereocenters. The Labute approximate surface area is 108 Å². The van der Waals surface area contributed by atoms with Gasteiger partial charge in [0.15, 0.2) is 0 Å². The molecule has 0 aromatic heterocycles. The predicted molar refractivity (Wildman–Crippen MR) is 77.2 cm³/mol. The van der Waals surface area contributed by atoms with E-state index in [4.69, 9.17) is 0 Å². The fourth-order valence-electron chi connectivity index (χ4n) is 2.05. The van der Waals surface area contributed by atoms with Gasteiger partial charge in [0.2, 0.25) is 0 Å². The van der Waals surface area contributed by atoms with Crippen LogP contribution < -0.4 is 0 Å². The van der Waals surface area contributed by atoms with E-state index in [0.717, 1.165) is 5.75 Å². The molecule has 0 aliphatic rings. The lowest BCUT2D eigenvalue weighted by Gasteiger charge is -2.30. The molecule has 0 bridgehead atoms. The van der Waals surface area contributed by atoms with E-state index in [1.807, 2.05) is 11.8 Å². The molecule has 0 aliphatic carbocycles. The predicted octanol–water partition coefficient (Wildman–Crippen LogP) is 4.52. The van der Waals surface area contributed by atoms with Gasteiger partial charge in [-0.3, -0.25) is 0 Å². The van der Waals surface area contributed by atoms with E-state index in [-0.39, 0.29) is 4.75 Å². The van der Waals surface area contributed by atoms with Crippen molar-refractivity contribution in [3.8, 4) is 0 Å². The van der Waals surface area contributed by atoms with Gasteiger partial charge in [0.05, 0.1) is 4.75 Å². The van der Waals surface area contributed by atoms with Crippen LogP contribution in [-0.4, -0.2) is 5.75 Å². The molecule has 0 N–H and O–H groups in total. The minimum absolute atomic E-state index is 0.00965. The van der Waals surface area contributed by atoms with Crippen molar-refractivity contribution in [1.82, 2.24) is 0 Å². The zero-order valence-corrected chi connectivity index (χ0v) is 10.9. The lowest BCUT2D eigenvalue weighted by molar-refractivity contribution is 0.840. The highest BCUT2D eigenvalue weighted by atomic mass is 32.2. The lowest BCUT2D eigenvalue weighted by Crippen LogP contribution is -2.19. The first-order valence-corrected chi connectivity index (χ1v) is 6.80. The highest BCUT2D eigenvalue weighted by Crippen LogP contribution is 2.41. The summed E-state index contributed by atoms with van der Waals surface area (Å²) in [6.07, 6.45) is 0. The van der Waals surface area contributed by atoms with Crippen LogP contribution in [0.1, 0.15) is 18.1 Å². The second-order valence-electron chi connectivity index (χ2n) is 4.11. The SMILES string of the molecule is [CH2]CSC(C)(c1ccccc1)c1ccccc1. The molecule has 0 aliphatic heterocycles. The zero-order chi connectivity index (χ0) is 12.1. The van der Waals surface area contributed by atoms with E-state index < -0.39 is 0 Å². The quantitative estimate of drug-likeness (QED) is 0.758. The first-order valence-electron chi connectivity index (χ1n) is 5.81. The molecule has 17 heavy (non-hydrogen) atoms. The van der Waals surface area contributed by atoms with Gasteiger partial charge in [0, 0.05) is 0 Å². The summed E-state index contributed by atoms with van der Waals surface area (Å²) in [5, 5.41) is 0. The van der Waals surface area contributed by atoms with Crippen LogP contribution in [0, 0.1) is 6.92 Å². The number of rotatable bonds is 4. The van der Waals surface area contributed by atoms with Crippen molar-refractivity contribution in [2.45, 2.75) is 11.7 Å². The van der Waals surface area contributed by atoms with Crippen LogP contribution in [0.25, 0.3) is 0 Å². The molecule has 1 heteroatoms. The molecule has 2 aromatic carbocycles. The van der Waals surface area contributed by atoms with E-state index in [1.54, 1.807) is 0 Å². The van der Waals surface area contributed by atoms with Crippen LogP contribution in [0.5, 0.6) is 0 Å². The Kier molecular flexibility index (Phi) is 3.90. The van der Waals surface area contributed by atoms with Crippen LogP contribution in [0.4, 0.5) is 0 Å². The molecule has 2 aromatic rings. The van der Waals surface area contributed by atoms with E-state index in [1.165, 1.54) is 11.1 Å². The van der Waals surface area contributed by atoms with Gasteiger partial charge in [-0.1, -0.05) is 60.7 Å². The van der Waals surface area contributed by atoms with Crippen LogP contribution in [0.2, 0.25) is 0 Å². The Balaban J connectivity index is 2.47. The minimum Gasteiger partial charge on any atom is -0.146 e. The molecule has 0 saturated heterocycles. The average molecular weight is 241 g/mol. The van der Waals surface area contributed by atoms with Crippen molar-refractivity contribution in [1.29, 1.82) is 0 Å². The summed E-state index contributed by atoms with van der Waals surface area (Å²) in [5.74, 6) is 0.861. The first-order chi connectivity index (χ1) is 8.27. The first kappa shape index (κ1) is 12.3. The molecule has 0 saturated carbocycles. The molecule has 0 fully saturated rings. The summed E-state index contributed by atoms with van der Waals surface area (Å²) < 4.78 is -0.00965. The summed E-state index contributed by atoms with van der Waals surface area (Å²) in [6.45, 7) is 6.26. The van der Waals surface area contributed by atoms with Crippen LogP contribution >= 0.6 is 11.8 Å². The van der Waals surface area contributed by atoms with Gasteiger partial charge in [-0.25, -0.2) is 0 Å². The molecular weight excluding hydrogens is 224 g/mol. The van der Waals surface area contributed by atoms with Gasteiger partial charge in [0.1, 0.15) is 0 Å². The van der Waals surface area contributed by atoms with Gasteiger partial charge in [-0.2, -0.15) is 0 Å². The van der Waals surface area contributed by atoms with Gasteiger partial charge >= 0.3 is 0 Å². The Hall–Kier alpha value is -1.21. The third-order valence-corrected chi connectivity index (χ3v) is 4.29. The number of hydrogen-bond donors (Lipinski definition) is 0. The summed E-state index contributed by atoms with van der Waals surface area (Å²) in [6, 6.07) is 21.3. The molecule has 2 rings (SSSR count). The Morgan fingerprint density at radius 3 is 1.65 bits per heavy atom. The summed E-state index contributed by atoms with van der Waals surface area (Å²) in [5.41, 5.74) is 2.67. The summed E-state index contributed by atoms with van der Waals surface area (Å²) in [7, 11) is 0. The third kappa shape index (κ3) is 2.55. The van der Waals surface area contributed by atoms with E-state index in [9.17, 15) is 0 Å². The Bertz CT molecular complexity index is 408. The second kappa shape index (κ2) is 5.42. The van der Waals surface area contributed by atoms with Gasteiger partial charge in [-0.05, 0) is 30.7 Å². The largest absolute Gasteiger partial charge is 0.146 e. The topological polar surface area (TPSA) is 0 Å². The fraction of sp³-hybridized carbons (Fsp3) is 0.188. The standard InChI is InChI=1S/C16H17S/c1-3-17-16(2,14-10-6-4-7-11-14)15-12-8-5-9-13-15/h4-13H,1,3H2,2H3. The molecule has 0 spiro atoms. The Morgan fingerprint density at radius 1 is 0.882 bits per heavy atom. The van der Waals surface area contributed by atoms with Crippen molar-refractivity contribution in [2.75, 3.05) is 5.75 Å². The maximum absolute atomic E-state index is 3.98. The lowest BCUT2D eigenvalue weighted by atomic mass is 9.92. The van der Waals surface area contributed by atoms with Crippen molar-refractivity contribution < 1.29 is 0 Å². The van der Waals surface area contributed by atoms with E-state index >= 15 is 0 Å². The van der Waals surface area contributed by atoms with Crippen molar-refractivity contribution in [3.05, 3.63) is 78.7 Å².